The monoisotopic (exact) mass is 294 g/mol. The second kappa shape index (κ2) is 5.97. The Kier molecular flexibility index (Phi) is 3.88. The Morgan fingerprint density at radius 1 is 0.905 bits per heavy atom. The van der Waals surface area contributed by atoms with Gasteiger partial charge in [-0.3, -0.25) is 5.84 Å². The smallest absolute Gasteiger partial charge is 0.268 e. The molecule has 0 amide bonds. The van der Waals surface area contributed by atoms with Gasteiger partial charge in [-0.25, -0.2) is 0 Å². The molecule has 0 saturated carbocycles. The standard InChI is InChI=1S/C17H16N3S/c1-21-16-12-15(13-8-4-2-5-9-13)19-17(20(16)18)14-10-6-3-7-11-14/h2-12H,18H2,1H3/q+1. The van der Waals surface area contributed by atoms with E-state index in [2.05, 4.69) is 12.1 Å². The maximum atomic E-state index is 6.21. The summed E-state index contributed by atoms with van der Waals surface area (Å²) >= 11 is 1.61. The average molecular weight is 294 g/mol. The fourth-order valence-corrected chi connectivity index (χ4v) is 2.71. The first-order valence-corrected chi connectivity index (χ1v) is 7.89. The molecule has 0 aliphatic heterocycles. The Balaban J connectivity index is 2.21. The number of nitrogen functional groups attached to an aromatic ring is 1. The molecule has 1 aromatic heterocycles. The van der Waals surface area contributed by atoms with Crippen molar-refractivity contribution in [3.05, 3.63) is 66.7 Å². The predicted octanol–water partition coefficient (Wildman–Crippen LogP) is 3.14. The van der Waals surface area contributed by atoms with Crippen LogP contribution >= 0.6 is 11.8 Å². The van der Waals surface area contributed by atoms with Gasteiger partial charge < -0.3 is 0 Å². The van der Waals surface area contributed by atoms with Crippen molar-refractivity contribution in [3.63, 3.8) is 0 Å². The van der Waals surface area contributed by atoms with Crippen molar-refractivity contribution in [1.29, 1.82) is 0 Å². The highest BCUT2D eigenvalue weighted by Crippen LogP contribution is 2.23. The highest BCUT2D eigenvalue weighted by molar-refractivity contribution is 7.98. The van der Waals surface area contributed by atoms with Crippen molar-refractivity contribution in [3.8, 4) is 22.6 Å². The van der Waals surface area contributed by atoms with Crippen LogP contribution in [0.15, 0.2) is 71.8 Å². The number of aromatic nitrogens is 2. The molecule has 0 atom stereocenters. The summed E-state index contributed by atoms with van der Waals surface area (Å²) in [5.74, 6) is 6.97. The zero-order valence-electron chi connectivity index (χ0n) is 11.7. The van der Waals surface area contributed by atoms with Gasteiger partial charge in [0, 0.05) is 11.6 Å². The molecule has 0 aliphatic rings. The fourth-order valence-electron chi connectivity index (χ4n) is 2.20. The van der Waals surface area contributed by atoms with E-state index in [1.165, 1.54) is 0 Å². The zero-order valence-corrected chi connectivity index (χ0v) is 12.5. The molecule has 4 heteroatoms. The third-order valence-electron chi connectivity index (χ3n) is 3.26. The number of hydrogen-bond acceptors (Lipinski definition) is 3. The number of rotatable bonds is 3. The molecule has 0 bridgehead atoms. The van der Waals surface area contributed by atoms with Crippen LogP contribution in [0.3, 0.4) is 0 Å². The maximum absolute atomic E-state index is 6.21. The van der Waals surface area contributed by atoms with Gasteiger partial charge in [-0.1, -0.05) is 60.3 Å². The van der Waals surface area contributed by atoms with Crippen LogP contribution in [0.1, 0.15) is 0 Å². The van der Waals surface area contributed by atoms with Gasteiger partial charge in [0.2, 0.25) is 0 Å². The molecule has 0 aliphatic carbocycles. The van der Waals surface area contributed by atoms with Gasteiger partial charge in [0.15, 0.2) is 10.7 Å². The third kappa shape index (κ3) is 2.76. The van der Waals surface area contributed by atoms with E-state index < -0.39 is 0 Å². The Morgan fingerprint density at radius 3 is 2.05 bits per heavy atom. The summed E-state index contributed by atoms with van der Waals surface area (Å²) < 4.78 is 1.65. The van der Waals surface area contributed by atoms with Crippen LogP contribution in [0.4, 0.5) is 0 Å². The molecule has 0 unspecified atom stereocenters. The average Bonchev–Trinajstić information content (AvgIpc) is 2.56. The quantitative estimate of drug-likeness (QED) is 0.349. The molecule has 1 heterocycles. The fraction of sp³-hybridized carbons (Fsp3) is 0.0588. The number of benzene rings is 2. The van der Waals surface area contributed by atoms with Crippen LogP contribution in [0.25, 0.3) is 22.6 Å². The number of nitrogens with zero attached hydrogens (tertiary/aromatic N) is 2. The van der Waals surface area contributed by atoms with E-state index in [-0.39, 0.29) is 0 Å². The van der Waals surface area contributed by atoms with E-state index >= 15 is 0 Å². The van der Waals surface area contributed by atoms with E-state index in [0.29, 0.717) is 0 Å². The highest BCUT2D eigenvalue weighted by Gasteiger charge is 2.21. The first kappa shape index (κ1) is 13.6. The van der Waals surface area contributed by atoms with Gasteiger partial charge in [0.05, 0.1) is 5.56 Å². The number of nitrogens with two attached hydrogens (primary N) is 1. The van der Waals surface area contributed by atoms with Crippen LogP contribution in [0, 0.1) is 0 Å². The van der Waals surface area contributed by atoms with Gasteiger partial charge >= 0.3 is 5.82 Å². The predicted molar refractivity (Wildman–Crippen MR) is 87.2 cm³/mol. The molecular weight excluding hydrogens is 278 g/mol. The van der Waals surface area contributed by atoms with Crippen molar-refractivity contribution >= 4 is 11.8 Å². The topological polar surface area (TPSA) is 42.8 Å². The Morgan fingerprint density at radius 2 is 1.48 bits per heavy atom. The van der Waals surface area contributed by atoms with E-state index in [1.54, 1.807) is 16.4 Å². The van der Waals surface area contributed by atoms with Crippen molar-refractivity contribution in [2.45, 2.75) is 5.03 Å². The minimum absolute atomic E-state index is 0.765. The lowest BCUT2D eigenvalue weighted by Gasteiger charge is -2.05. The Labute approximate surface area is 128 Å². The molecule has 2 N–H and O–H groups in total. The van der Waals surface area contributed by atoms with Crippen LogP contribution < -0.4 is 10.5 Å². The molecule has 0 spiro atoms. The van der Waals surface area contributed by atoms with Gasteiger partial charge in [-0.05, 0) is 23.4 Å². The second-order valence-corrected chi connectivity index (χ2v) is 5.44. The molecule has 21 heavy (non-hydrogen) atoms. The molecular formula is C17H16N3S+. The Hall–Kier alpha value is -2.33. The number of hydrogen-bond donors (Lipinski definition) is 1. The molecule has 3 aromatic rings. The lowest BCUT2D eigenvalue weighted by Crippen LogP contribution is -2.49. The molecule has 0 saturated heterocycles. The van der Waals surface area contributed by atoms with Crippen LogP contribution in [-0.2, 0) is 0 Å². The molecule has 0 fully saturated rings. The summed E-state index contributed by atoms with van der Waals surface area (Å²) in [5.41, 5.74) is 3.03. The van der Waals surface area contributed by atoms with Crippen LogP contribution in [0.5, 0.6) is 0 Å². The lowest BCUT2D eigenvalue weighted by molar-refractivity contribution is -0.669. The zero-order chi connectivity index (χ0) is 14.7. The summed E-state index contributed by atoms with van der Waals surface area (Å²) in [6.07, 6.45) is 2.02. The third-order valence-corrected chi connectivity index (χ3v) is 4.00. The van der Waals surface area contributed by atoms with E-state index in [0.717, 1.165) is 27.7 Å². The van der Waals surface area contributed by atoms with Crippen molar-refractivity contribution in [2.75, 3.05) is 12.1 Å². The molecule has 3 nitrogen and oxygen atoms in total. The van der Waals surface area contributed by atoms with Crippen LogP contribution in [-0.4, -0.2) is 11.2 Å². The summed E-state index contributed by atoms with van der Waals surface area (Å²) in [6.45, 7) is 0. The van der Waals surface area contributed by atoms with Crippen molar-refractivity contribution in [2.24, 2.45) is 0 Å². The van der Waals surface area contributed by atoms with Crippen LogP contribution in [0.2, 0.25) is 0 Å². The van der Waals surface area contributed by atoms with E-state index in [9.17, 15) is 0 Å². The molecule has 3 rings (SSSR count). The van der Waals surface area contributed by atoms with Gasteiger partial charge in [0.1, 0.15) is 0 Å². The largest absolute Gasteiger partial charge is 0.354 e. The first-order chi connectivity index (χ1) is 10.3. The molecule has 2 aromatic carbocycles. The SMILES string of the molecule is CSc1cc(-c2ccccc2)nc(-c2ccccc2)[n+]1N. The van der Waals surface area contributed by atoms with E-state index in [1.807, 2.05) is 60.9 Å². The normalized spacial score (nSPS) is 10.5. The summed E-state index contributed by atoms with van der Waals surface area (Å²) in [6, 6.07) is 22.2. The summed E-state index contributed by atoms with van der Waals surface area (Å²) in [5, 5.41) is 0.975. The Bertz CT molecular complexity index is 743. The second-order valence-electron chi connectivity index (χ2n) is 4.61. The molecule has 0 radical (unpaired) electrons. The van der Waals surface area contributed by atoms with Crippen molar-refractivity contribution < 1.29 is 4.68 Å². The minimum Gasteiger partial charge on any atom is -0.268 e. The summed E-state index contributed by atoms with van der Waals surface area (Å²) in [4.78, 5) is 4.75. The van der Waals surface area contributed by atoms with Gasteiger partial charge in [0.25, 0.3) is 0 Å². The van der Waals surface area contributed by atoms with Gasteiger partial charge in [-0.2, -0.15) is 0 Å². The highest BCUT2D eigenvalue weighted by atomic mass is 32.2. The minimum atomic E-state index is 0.765. The maximum Gasteiger partial charge on any atom is 0.354 e. The van der Waals surface area contributed by atoms with Gasteiger partial charge in [-0.15, -0.1) is 4.68 Å². The van der Waals surface area contributed by atoms with Crippen molar-refractivity contribution in [1.82, 2.24) is 4.98 Å². The van der Waals surface area contributed by atoms with E-state index in [4.69, 9.17) is 10.8 Å². The summed E-state index contributed by atoms with van der Waals surface area (Å²) in [7, 11) is 0. The molecule has 104 valence electrons. The number of thioether (sulfide) groups is 1. The lowest BCUT2D eigenvalue weighted by atomic mass is 10.1. The first-order valence-electron chi connectivity index (χ1n) is 6.66.